The van der Waals surface area contributed by atoms with E-state index in [1.165, 1.54) is 0 Å². The van der Waals surface area contributed by atoms with Gasteiger partial charge in [-0.3, -0.25) is 0 Å². The van der Waals surface area contributed by atoms with Gasteiger partial charge >= 0.3 is 0 Å². The zero-order valence-electron chi connectivity index (χ0n) is 10.4. The number of benzene rings is 2. The number of aliphatic hydroxyl groups excluding tert-OH is 1. The zero-order chi connectivity index (χ0) is 13.7. The number of hydrogen-bond acceptors (Lipinski definition) is 2. The molecule has 2 nitrogen and oxygen atoms in total. The van der Waals surface area contributed by atoms with Crippen LogP contribution in [0.25, 0.3) is 0 Å². The fourth-order valence-corrected chi connectivity index (χ4v) is 2.22. The molecular weight excluding hydrogens is 326 g/mol. The minimum Gasteiger partial charge on any atom is -0.396 e. The predicted octanol–water partition coefficient (Wildman–Crippen LogP) is 4.25. The molecule has 0 aliphatic heterocycles. The van der Waals surface area contributed by atoms with Gasteiger partial charge in [0.25, 0.3) is 0 Å². The van der Waals surface area contributed by atoms with Crippen molar-refractivity contribution in [2.75, 3.05) is 11.9 Å². The van der Waals surface area contributed by atoms with Crippen LogP contribution in [0.4, 0.5) is 5.69 Å². The summed E-state index contributed by atoms with van der Waals surface area (Å²) in [6.07, 6.45) is 0.697. The van der Waals surface area contributed by atoms with E-state index in [0.29, 0.717) is 6.42 Å². The van der Waals surface area contributed by atoms with Crippen LogP contribution in [-0.4, -0.2) is 11.7 Å². The van der Waals surface area contributed by atoms with Crippen LogP contribution in [0.3, 0.4) is 0 Å². The molecule has 2 aromatic rings. The molecule has 19 heavy (non-hydrogen) atoms. The Balaban J connectivity index is 1.96. The minimum absolute atomic E-state index is 0.185. The minimum atomic E-state index is 0.185. The van der Waals surface area contributed by atoms with E-state index in [1.807, 2.05) is 42.5 Å². The molecule has 0 radical (unpaired) electrons. The fourth-order valence-electron chi connectivity index (χ4n) is 1.77. The van der Waals surface area contributed by atoms with Crippen LogP contribution in [0.15, 0.2) is 46.9 Å². The molecule has 4 heteroatoms. The van der Waals surface area contributed by atoms with Crippen molar-refractivity contribution >= 4 is 33.2 Å². The fraction of sp³-hybridized carbons (Fsp3) is 0.200. The highest BCUT2D eigenvalue weighted by molar-refractivity contribution is 9.10. The Hall–Kier alpha value is -1.03. The molecule has 0 aliphatic carbocycles. The normalized spacial score (nSPS) is 10.5. The van der Waals surface area contributed by atoms with E-state index in [1.54, 1.807) is 0 Å². The quantitative estimate of drug-likeness (QED) is 0.853. The molecule has 0 fully saturated rings. The number of nitrogens with one attached hydrogen (secondary N) is 1. The number of hydrogen-bond donors (Lipinski definition) is 2. The smallest absolute Gasteiger partial charge is 0.0551 e. The van der Waals surface area contributed by atoms with Gasteiger partial charge in [-0.25, -0.2) is 0 Å². The Morgan fingerprint density at radius 2 is 1.74 bits per heavy atom. The third-order valence-corrected chi connectivity index (χ3v) is 4.07. The molecule has 0 atom stereocenters. The molecule has 0 heterocycles. The highest BCUT2D eigenvalue weighted by Crippen LogP contribution is 2.23. The Morgan fingerprint density at radius 1 is 1.05 bits per heavy atom. The summed E-state index contributed by atoms with van der Waals surface area (Å²) in [6.45, 7) is 0.913. The van der Waals surface area contributed by atoms with Gasteiger partial charge < -0.3 is 10.4 Å². The standard InChI is InChI=1S/C15H15BrClNO/c16-14-6-3-12(9-15(14)17)10-18-13-4-1-11(2-5-13)7-8-19/h1-6,9,18-19H,7-8,10H2. The van der Waals surface area contributed by atoms with Crippen LogP contribution in [0.5, 0.6) is 0 Å². The van der Waals surface area contributed by atoms with Crippen molar-refractivity contribution in [3.05, 3.63) is 63.1 Å². The SMILES string of the molecule is OCCc1ccc(NCc2ccc(Br)c(Cl)c2)cc1. The predicted molar refractivity (Wildman–Crippen MR) is 83.7 cm³/mol. The topological polar surface area (TPSA) is 32.3 Å². The van der Waals surface area contributed by atoms with Crippen molar-refractivity contribution in [1.29, 1.82) is 0 Å². The maximum atomic E-state index is 8.86. The van der Waals surface area contributed by atoms with Crippen molar-refractivity contribution in [1.82, 2.24) is 0 Å². The summed E-state index contributed by atoms with van der Waals surface area (Å²) in [6, 6.07) is 14.0. The molecule has 0 bridgehead atoms. The summed E-state index contributed by atoms with van der Waals surface area (Å²) < 4.78 is 0.909. The summed E-state index contributed by atoms with van der Waals surface area (Å²) in [5.41, 5.74) is 3.33. The van der Waals surface area contributed by atoms with E-state index < -0.39 is 0 Å². The molecule has 0 amide bonds. The third kappa shape index (κ3) is 4.23. The summed E-state index contributed by atoms with van der Waals surface area (Å²) in [5, 5.41) is 12.9. The van der Waals surface area contributed by atoms with Crippen molar-refractivity contribution in [3.8, 4) is 0 Å². The molecule has 0 saturated heterocycles. The number of aliphatic hydroxyl groups is 1. The summed E-state index contributed by atoms with van der Waals surface area (Å²) >= 11 is 9.43. The van der Waals surface area contributed by atoms with E-state index >= 15 is 0 Å². The van der Waals surface area contributed by atoms with E-state index in [9.17, 15) is 0 Å². The lowest BCUT2D eigenvalue weighted by Crippen LogP contribution is -1.99. The maximum absolute atomic E-state index is 8.86. The van der Waals surface area contributed by atoms with E-state index in [4.69, 9.17) is 16.7 Å². The second-order valence-electron chi connectivity index (χ2n) is 4.27. The highest BCUT2D eigenvalue weighted by atomic mass is 79.9. The van der Waals surface area contributed by atoms with Gasteiger partial charge in [0, 0.05) is 23.3 Å². The molecule has 0 aliphatic rings. The maximum Gasteiger partial charge on any atom is 0.0551 e. The monoisotopic (exact) mass is 339 g/mol. The van der Waals surface area contributed by atoms with Gasteiger partial charge in [0.05, 0.1) is 5.02 Å². The Kier molecular flexibility index (Phi) is 5.25. The summed E-state index contributed by atoms with van der Waals surface area (Å²) in [5.74, 6) is 0. The molecule has 2 rings (SSSR count). The van der Waals surface area contributed by atoms with Crippen molar-refractivity contribution in [3.63, 3.8) is 0 Å². The highest BCUT2D eigenvalue weighted by Gasteiger charge is 1.99. The van der Waals surface area contributed by atoms with Gasteiger partial charge in [-0.15, -0.1) is 0 Å². The number of anilines is 1. The van der Waals surface area contributed by atoms with Crippen LogP contribution in [-0.2, 0) is 13.0 Å². The third-order valence-electron chi connectivity index (χ3n) is 2.84. The summed E-state index contributed by atoms with van der Waals surface area (Å²) in [4.78, 5) is 0. The lowest BCUT2D eigenvalue weighted by molar-refractivity contribution is 0.299. The second kappa shape index (κ2) is 6.94. The van der Waals surface area contributed by atoms with Gasteiger partial charge in [0.15, 0.2) is 0 Å². The second-order valence-corrected chi connectivity index (χ2v) is 5.53. The molecule has 2 N–H and O–H groups in total. The Bertz CT molecular complexity index is 542. The molecular formula is C15H15BrClNO. The van der Waals surface area contributed by atoms with E-state index in [2.05, 4.69) is 21.2 Å². The van der Waals surface area contributed by atoms with Gasteiger partial charge in [0.1, 0.15) is 0 Å². The lowest BCUT2D eigenvalue weighted by atomic mass is 10.1. The first-order valence-corrected chi connectivity index (χ1v) is 7.24. The van der Waals surface area contributed by atoms with Crippen LogP contribution < -0.4 is 5.32 Å². The van der Waals surface area contributed by atoms with E-state index in [-0.39, 0.29) is 6.61 Å². The Morgan fingerprint density at radius 3 is 2.37 bits per heavy atom. The van der Waals surface area contributed by atoms with Crippen molar-refractivity contribution in [2.45, 2.75) is 13.0 Å². The zero-order valence-corrected chi connectivity index (χ0v) is 12.7. The first-order chi connectivity index (χ1) is 9.19. The molecule has 100 valence electrons. The average Bonchev–Trinajstić information content (AvgIpc) is 2.42. The van der Waals surface area contributed by atoms with Gasteiger partial charge in [-0.05, 0) is 57.7 Å². The van der Waals surface area contributed by atoms with Gasteiger partial charge in [-0.2, -0.15) is 0 Å². The molecule has 0 saturated carbocycles. The number of halogens is 2. The first kappa shape index (κ1) is 14.4. The van der Waals surface area contributed by atoms with E-state index in [0.717, 1.165) is 32.9 Å². The first-order valence-electron chi connectivity index (χ1n) is 6.06. The Labute approximate surface area is 126 Å². The van der Waals surface area contributed by atoms with Crippen LogP contribution in [0.1, 0.15) is 11.1 Å². The summed E-state index contributed by atoms with van der Waals surface area (Å²) in [7, 11) is 0. The van der Waals surface area contributed by atoms with Gasteiger partial charge in [0.2, 0.25) is 0 Å². The van der Waals surface area contributed by atoms with Crippen LogP contribution >= 0.6 is 27.5 Å². The average molecular weight is 341 g/mol. The largest absolute Gasteiger partial charge is 0.396 e. The van der Waals surface area contributed by atoms with Crippen LogP contribution in [0.2, 0.25) is 5.02 Å². The van der Waals surface area contributed by atoms with Crippen molar-refractivity contribution in [2.24, 2.45) is 0 Å². The lowest BCUT2D eigenvalue weighted by Gasteiger charge is -2.08. The molecule has 2 aromatic carbocycles. The molecule has 0 unspecified atom stereocenters. The molecule has 0 aromatic heterocycles. The van der Waals surface area contributed by atoms with Gasteiger partial charge in [-0.1, -0.05) is 29.8 Å². The number of rotatable bonds is 5. The molecule has 0 spiro atoms. The van der Waals surface area contributed by atoms with Crippen LogP contribution in [0, 0.1) is 0 Å². The van der Waals surface area contributed by atoms with Crippen molar-refractivity contribution < 1.29 is 5.11 Å².